The van der Waals surface area contributed by atoms with Crippen LogP contribution in [0.4, 0.5) is 17.1 Å². The zero-order valence-electron chi connectivity index (χ0n) is 34.1. The molecule has 3 aromatic carbocycles. The highest BCUT2D eigenvalue weighted by atomic mass is 28.4. The minimum atomic E-state index is -3.13. The molecule has 58 heavy (non-hydrogen) atoms. The van der Waals surface area contributed by atoms with E-state index < -0.39 is 37.0 Å². The number of fused-ring (bicyclic) bond motifs is 2. The van der Waals surface area contributed by atoms with Crippen LogP contribution in [0.25, 0.3) is 0 Å². The van der Waals surface area contributed by atoms with Crippen LogP contribution in [0.2, 0.25) is 18.6 Å². The average molecular weight is 812 g/mol. The standard InChI is InChI=1S/C44H57N5O8Si/c1-31-40(58(3,4)55)37(28-38(51)46(25-26-50)29-32-13-7-5-8-14-32)57-44(31)35-27-34(18-19-36(35)47(42(44)54)24-12-11-17-39(52)56-2)48-30-49(33-15-9-6-10-16-33)43(41(48)53)20-22-45-23-21-43/h5-10,13-16,18-19,27,31,37,40,45,50,55H,11-12,17,20-26,28-30H2,1-4H3/t31-,37+,40-,44+/m0/s1. The molecular weight excluding hydrogens is 755 g/mol. The van der Waals surface area contributed by atoms with Crippen LogP contribution in [0.5, 0.6) is 0 Å². The molecule has 0 bridgehead atoms. The largest absolute Gasteiger partial charge is 0.469 e. The lowest BCUT2D eigenvalue weighted by atomic mass is 9.82. The van der Waals surface area contributed by atoms with Crippen LogP contribution in [-0.4, -0.2) is 105 Å². The van der Waals surface area contributed by atoms with E-state index in [1.807, 2.05) is 104 Å². The van der Waals surface area contributed by atoms with Crippen LogP contribution >= 0.6 is 0 Å². The first-order valence-corrected chi connectivity index (χ1v) is 23.6. The number of benzene rings is 3. The summed E-state index contributed by atoms with van der Waals surface area (Å²) >= 11 is 0. The Kier molecular flexibility index (Phi) is 12.1. The number of hydrogen-bond donors (Lipinski definition) is 3. The van der Waals surface area contributed by atoms with E-state index in [0.717, 1.165) is 11.3 Å². The van der Waals surface area contributed by atoms with Crippen LogP contribution in [0.3, 0.4) is 0 Å². The zero-order valence-corrected chi connectivity index (χ0v) is 35.1. The highest BCUT2D eigenvalue weighted by molar-refractivity contribution is 6.71. The molecule has 3 N–H and O–H groups in total. The highest BCUT2D eigenvalue weighted by Gasteiger charge is 2.66. The predicted molar refractivity (Wildman–Crippen MR) is 223 cm³/mol. The maximum Gasteiger partial charge on any atom is 0.305 e. The summed E-state index contributed by atoms with van der Waals surface area (Å²) in [5, 5.41) is 13.4. The average Bonchev–Trinajstić information content (AvgIpc) is 3.76. The molecule has 14 heteroatoms. The van der Waals surface area contributed by atoms with Gasteiger partial charge in [-0.15, -0.1) is 0 Å². The summed E-state index contributed by atoms with van der Waals surface area (Å²) < 4.78 is 11.9. The molecule has 4 atom stereocenters. The molecule has 3 amide bonds. The van der Waals surface area contributed by atoms with Crippen molar-refractivity contribution >= 4 is 49.1 Å². The van der Waals surface area contributed by atoms with Gasteiger partial charge in [0, 0.05) is 54.5 Å². The number of carbonyl (C=O) groups is 4. The molecule has 4 heterocycles. The number of para-hydroxylation sites is 1. The Morgan fingerprint density at radius 1 is 0.966 bits per heavy atom. The summed E-state index contributed by atoms with van der Waals surface area (Å²) in [6, 6.07) is 25.3. The summed E-state index contributed by atoms with van der Waals surface area (Å²) in [5.74, 6) is -1.38. The molecule has 310 valence electrons. The number of rotatable bonds is 14. The minimum absolute atomic E-state index is 0.00358. The lowest BCUT2D eigenvalue weighted by Gasteiger charge is -2.39. The molecule has 4 aliphatic heterocycles. The monoisotopic (exact) mass is 811 g/mol. The third-order valence-corrected chi connectivity index (χ3v) is 15.3. The summed E-state index contributed by atoms with van der Waals surface area (Å²) in [6.07, 6.45) is 1.67. The van der Waals surface area contributed by atoms with Crippen molar-refractivity contribution in [2.24, 2.45) is 5.92 Å². The molecule has 0 unspecified atom stereocenters. The summed E-state index contributed by atoms with van der Waals surface area (Å²) in [5.41, 5.74) is 0.988. The van der Waals surface area contributed by atoms with Gasteiger partial charge < -0.3 is 39.4 Å². The number of ether oxygens (including phenoxy) is 2. The van der Waals surface area contributed by atoms with E-state index >= 15 is 4.79 Å². The lowest BCUT2D eigenvalue weighted by molar-refractivity contribution is -0.150. The number of aliphatic hydroxyl groups is 1. The summed E-state index contributed by atoms with van der Waals surface area (Å²) in [7, 11) is -1.77. The van der Waals surface area contributed by atoms with Gasteiger partial charge in [0.2, 0.25) is 5.91 Å². The van der Waals surface area contributed by atoms with Crippen LogP contribution in [0.15, 0.2) is 78.9 Å². The fourth-order valence-corrected chi connectivity index (χ4v) is 12.5. The van der Waals surface area contributed by atoms with E-state index in [0.29, 0.717) is 75.5 Å². The number of esters is 1. The van der Waals surface area contributed by atoms with Crippen molar-refractivity contribution in [3.05, 3.63) is 90.0 Å². The number of hydrogen-bond acceptors (Lipinski definition) is 10. The van der Waals surface area contributed by atoms with E-state index in [-0.39, 0.29) is 49.7 Å². The normalized spacial score (nSPS) is 23.9. The van der Waals surface area contributed by atoms with Crippen molar-refractivity contribution in [3.8, 4) is 0 Å². The number of nitrogens with zero attached hydrogens (tertiary/aromatic N) is 4. The quantitative estimate of drug-likeness (QED) is 0.121. The first kappa shape index (κ1) is 41.6. The van der Waals surface area contributed by atoms with Crippen molar-refractivity contribution < 1.29 is 38.6 Å². The Hall–Kier alpha value is -4.60. The van der Waals surface area contributed by atoms with E-state index in [1.165, 1.54) is 7.11 Å². The van der Waals surface area contributed by atoms with Gasteiger partial charge in [0.05, 0.1) is 38.6 Å². The van der Waals surface area contributed by atoms with Crippen molar-refractivity contribution in [2.45, 2.75) is 87.9 Å². The third-order valence-electron chi connectivity index (χ3n) is 12.8. The zero-order chi connectivity index (χ0) is 41.2. The van der Waals surface area contributed by atoms with Gasteiger partial charge in [0.15, 0.2) is 13.9 Å². The van der Waals surface area contributed by atoms with Gasteiger partial charge in [-0.3, -0.25) is 24.1 Å². The molecule has 4 aliphatic rings. The van der Waals surface area contributed by atoms with Gasteiger partial charge in [-0.2, -0.15) is 0 Å². The summed E-state index contributed by atoms with van der Waals surface area (Å²) in [6.45, 7) is 7.85. The van der Waals surface area contributed by atoms with Crippen LogP contribution in [0, 0.1) is 5.92 Å². The molecular formula is C44H57N5O8Si. The Balaban J connectivity index is 1.27. The van der Waals surface area contributed by atoms with Crippen LogP contribution in [0.1, 0.15) is 56.6 Å². The molecule has 0 aliphatic carbocycles. The fourth-order valence-electron chi connectivity index (χ4n) is 9.98. The van der Waals surface area contributed by atoms with Crippen LogP contribution < -0.4 is 20.0 Å². The van der Waals surface area contributed by atoms with Gasteiger partial charge >= 0.3 is 5.97 Å². The van der Waals surface area contributed by atoms with Crippen LogP contribution in [-0.2, 0) is 40.8 Å². The Bertz CT molecular complexity index is 1970. The molecule has 3 saturated heterocycles. The van der Waals surface area contributed by atoms with Crippen molar-refractivity contribution in [2.75, 3.05) is 61.3 Å². The van der Waals surface area contributed by atoms with E-state index in [2.05, 4.69) is 10.2 Å². The molecule has 0 radical (unpaired) electrons. The van der Waals surface area contributed by atoms with Gasteiger partial charge in [-0.05, 0) is 87.8 Å². The van der Waals surface area contributed by atoms with Crippen molar-refractivity contribution in [1.29, 1.82) is 0 Å². The second kappa shape index (κ2) is 16.9. The molecule has 0 saturated carbocycles. The van der Waals surface area contributed by atoms with Gasteiger partial charge in [0.1, 0.15) is 5.54 Å². The molecule has 3 aromatic rings. The Labute approximate surface area is 342 Å². The van der Waals surface area contributed by atoms with Gasteiger partial charge in [-0.25, -0.2) is 0 Å². The molecule has 2 spiro atoms. The molecule has 0 aromatic heterocycles. The number of amides is 3. The lowest BCUT2D eigenvalue weighted by Crippen LogP contribution is -2.55. The number of carbonyl (C=O) groups excluding carboxylic acids is 4. The molecule has 13 nitrogen and oxygen atoms in total. The smallest absolute Gasteiger partial charge is 0.305 e. The van der Waals surface area contributed by atoms with Crippen molar-refractivity contribution in [3.63, 3.8) is 0 Å². The van der Waals surface area contributed by atoms with E-state index in [1.54, 1.807) is 9.80 Å². The fraction of sp³-hybridized carbons (Fsp3) is 0.500. The topological polar surface area (TPSA) is 152 Å². The number of piperidine rings is 1. The Morgan fingerprint density at radius 2 is 1.66 bits per heavy atom. The van der Waals surface area contributed by atoms with Crippen molar-refractivity contribution in [1.82, 2.24) is 10.2 Å². The van der Waals surface area contributed by atoms with Gasteiger partial charge in [-0.1, -0.05) is 55.5 Å². The predicted octanol–water partition coefficient (Wildman–Crippen LogP) is 4.52. The second-order valence-corrected chi connectivity index (χ2v) is 20.7. The van der Waals surface area contributed by atoms with E-state index in [9.17, 15) is 24.3 Å². The maximum atomic E-state index is 15.2. The SMILES string of the molecule is COC(=O)CCCCN1C(=O)[C@]2(O[C@H](CC(=O)N(CCO)Cc3ccccc3)[C@@H]([Si](C)(C)O)[C@@H]2C)c2cc(N3CN(c4ccccc4)C4(CCNCC4)C3=O)ccc21. The Morgan fingerprint density at radius 3 is 2.31 bits per heavy atom. The number of nitrogens with one attached hydrogen (secondary N) is 1. The first-order chi connectivity index (χ1) is 27.9. The number of aliphatic hydroxyl groups excluding tert-OH is 1. The minimum Gasteiger partial charge on any atom is -0.469 e. The number of unbranched alkanes of at least 4 members (excludes halogenated alkanes) is 1. The van der Waals surface area contributed by atoms with E-state index in [4.69, 9.17) is 9.47 Å². The number of methoxy groups -OCH3 is 1. The van der Waals surface area contributed by atoms with Gasteiger partial charge in [0.25, 0.3) is 11.8 Å². The summed E-state index contributed by atoms with van der Waals surface area (Å²) in [4.78, 5) is 75.3. The molecule has 7 rings (SSSR count). The second-order valence-electron chi connectivity index (χ2n) is 16.7. The molecule has 3 fully saturated rings. The number of anilines is 3. The first-order valence-electron chi connectivity index (χ1n) is 20.6. The maximum absolute atomic E-state index is 15.2. The highest BCUT2D eigenvalue weighted by Crippen LogP contribution is 2.60. The third kappa shape index (κ3) is 7.56.